The van der Waals surface area contributed by atoms with Crippen molar-refractivity contribution in [3.8, 4) is 44.5 Å². The van der Waals surface area contributed by atoms with Gasteiger partial charge in [-0.2, -0.15) is 0 Å². The Morgan fingerprint density at radius 3 is 1.22 bits per heavy atom. The van der Waals surface area contributed by atoms with E-state index in [1.807, 2.05) is 0 Å². The Hall–Kier alpha value is -7.94. The van der Waals surface area contributed by atoms with E-state index in [1.165, 1.54) is 76.5 Å². The van der Waals surface area contributed by atoms with Gasteiger partial charge in [0.15, 0.2) is 0 Å². The third-order valence-corrected chi connectivity index (χ3v) is 12.7. The molecule has 0 aliphatic carbocycles. The van der Waals surface area contributed by atoms with Gasteiger partial charge in [-0.05, 0) is 118 Å². The average Bonchev–Trinajstić information content (AvgIpc) is 3.90. The lowest BCUT2D eigenvalue weighted by Gasteiger charge is -2.20. The van der Waals surface area contributed by atoms with Gasteiger partial charge in [0.05, 0.1) is 0 Å². The van der Waals surface area contributed by atoms with Gasteiger partial charge in [-0.1, -0.05) is 176 Å². The first-order valence-electron chi connectivity index (χ1n) is 20.6. The Bertz CT molecular complexity index is 3670. The van der Waals surface area contributed by atoms with E-state index >= 15 is 0 Å². The number of rotatable bonds is 4. The van der Waals surface area contributed by atoms with Gasteiger partial charge in [-0.25, -0.2) is 0 Å². The van der Waals surface area contributed by atoms with Crippen molar-refractivity contribution in [1.82, 2.24) is 0 Å². The first-order valence-corrected chi connectivity index (χ1v) is 20.6. The fraction of sp³-hybridized carbons (Fsp3) is 0. The molecule has 0 unspecified atom stereocenters. The van der Waals surface area contributed by atoms with Crippen LogP contribution in [0.2, 0.25) is 0 Å². The maximum atomic E-state index is 6.63. The zero-order valence-corrected chi connectivity index (χ0v) is 32.4. The molecule has 0 radical (unpaired) electrons. The predicted molar refractivity (Wildman–Crippen MR) is 253 cm³/mol. The molecular formula is C58H34O2. The van der Waals surface area contributed by atoms with Crippen LogP contribution in [0.5, 0.6) is 0 Å². The van der Waals surface area contributed by atoms with Crippen molar-refractivity contribution in [3.05, 3.63) is 206 Å². The molecule has 11 aromatic carbocycles. The van der Waals surface area contributed by atoms with Crippen LogP contribution >= 0.6 is 0 Å². The SMILES string of the molecule is c1ccc(-c2ccccc2-c2c3cccc(-c4cccc5oc6ccc7ccccc7c6c45)c3cc3c(-c4cccc5oc6ccc7ccccc7c6c45)cccc23)cc1. The highest BCUT2D eigenvalue weighted by molar-refractivity contribution is 6.28. The van der Waals surface area contributed by atoms with Crippen LogP contribution in [0, 0.1) is 0 Å². The zero-order valence-electron chi connectivity index (χ0n) is 32.4. The summed E-state index contributed by atoms with van der Waals surface area (Å²) in [5.41, 5.74) is 13.0. The monoisotopic (exact) mass is 762 g/mol. The molecule has 2 heteroatoms. The van der Waals surface area contributed by atoms with E-state index < -0.39 is 0 Å². The topological polar surface area (TPSA) is 26.3 Å². The van der Waals surface area contributed by atoms with E-state index in [0.29, 0.717) is 0 Å². The molecule has 0 N–H and O–H groups in total. The van der Waals surface area contributed by atoms with Crippen molar-refractivity contribution in [1.29, 1.82) is 0 Å². The highest BCUT2D eigenvalue weighted by atomic mass is 16.3. The molecule has 0 aliphatic rings. The molecule has 0 atom stereocenters. The summed E-state index contributed by atoms with van der Waals surface area (Å²) < 4.78 is 13.3. The molecule has 0 fully saturated rings. The lowest BCUT2D eigenvalue weighted by atomic mass is 9.83. The lowest BCUT2D eigenvalue weighted by molar-refractivity contribution is 0.669. The standard InChI is InChI=1S/C58H34O2/c1-2-14-35(15-3-1)38-18-8-9-21-43(38)54-46-24-10-22-41(44-26-12-28-50-57(44)55-39-19-6-4-16-36(39)30-32-52(55)59-50)48(46)34-49-42(23-11-25-47(49)54)45-27-13-29-51-58(45)56-40-20-7-5-17-37(40)31-33-53(56)60-51/h1-34H. The molecule has 0 bridgehead atoms. The maximum Gasteiger partial charge on any atom is 0.136 e. The smallest absolute Gasteiger partial charge is 0.136 e. The van der Waals surface area contributed by atoms with E-state index in [4.69, 9.17) is 8.83 Å². The second kappa shape index (κ2) is 12.8. The number of fused-ring (bicyclic) bond motifs is 12. The summed E-state index contributed by atoms with van der Waals surface area (Å²) in [4.78, 5) is 0. The molecule has 0 aliphatic heterocycles. The zero-order chi connectivity index (χ0) is 39.3. The summed E-state index contributed by atoms with van der Waals surface area (Å²) in [6.45, 7) is 0. The van der Waals surface area contributed by atoms with Gasteiger partial charge in [0.2, 0.25) is 0 Å². The fourth-order valence-electron chi connectivity index (χ4n) is 10.1. The molecule has 0 saturated carbocycles. The summed E-state index contributed by atoms with van der Waals surface area (Å²) >= 11 is 0. The van der Waals surface area contributed by atoms with Crippen LogP contribution < -0.4 is 0 Å². The van der Waals surface area contributed by atoms with Crippen molar-refractivity contribution in [2.24, 2.45) is 0 Å². The van der Waals surface area contributed by atoms with E-state index in [-0.39, 0.29) is 0 Å². The Morgan fingerprint density at radius 2 is 0.650 bits per heavy atom. The molecular weight excluding hydrogens is 729 g/mol. The van der Waals surface area contributed by atoms with Gasteiger partial charge in [0.1, 0.15) is 22.3 Å². The molecule has 2 heterocycles. The number of benzene rings is 11. The minimum atomic E-state index is 0.887. The van der Waals surface area contributed by atoms with Gasteiger partial charge in [-0.15, -0.1) is 0 Å². The van der Waals surface area contributed by atoms with Crippen LogP contribution in [0.25, 0.3) is 131 Å². The summed E-state index contributed by atoms with van der Waals surface area (Å²) in [5.74, 6) is 0. The summed E-state index contributed by atoms with van der Waals surface area (Å²) in [6, 6.07) is 74.6. The van der Waals surface area contributed by atoms with Gasteiger partial charge in [0.25, 0.3) is 0 Å². The second-order valence-corrected chi connectivity index (χ2v) is 15.8. The molecule has 0 saturated heterocycles. The molecule has 60 heavy (non-hydrogen) atoms. The Kier molecular flexibility index (Phi) is 7.05. The van der Waals surface area contributed by atoms with Crippen molar-refractivity contribution in [3.63, 3.8) is 0 Å². The molecule has 2 aromatic heterocycles. The summed E-state index contributed by atoms with van der Waals surface area (Å²) in [5, 5.41) is 14.1. The van der Waals surface area contributed by atoms with Gasteiger partial charge >= 0.3 is 0 Å². The Morgan fingerprint density at radius 1 is 0.233 bits per heavy atom. The third-order valence-electron chi connectivity index (χ3n) is 12.7. The second-order valence-electron chi connectivity index (χ2n) is 15.8. The summed E-state index contributed by atoms with van der Waals surface area (Å²) in [6.07, 6.45) is 0. The third kappa shape index (κ3) is 4.76. The van der Waals surface area contributed by atoms with Crippen LogP contribution in [0.1, 0.15) is 0 Å². The highest BCUT2D eigenvalue weighted by Crippen LogP contribution is 2.49. The lowest BCUT2D eigenvalue weighted by Crippen LogP contribution is -1.93. The van der Waals surface area contributed by atoms with E-state index in [9.17, 15) is 0 Å². The Labute approximate surface area is 345 Å². The minimum Gasteiger partial charge on any atom is -0.456 e. The van der Waals surface area contributed by atoms with Crippen molar-refractivity contribution in [2.45, 2.75) is 0 Å². The largest absolute Gasteiger partial charge is 0.456 e. The Balaban J connectivity index is 1.19. The number of hydrogen-bond acceptors (Lipinski definition) is 2. The number of hydrogen-bond donors (Lipinski definition) is 0. The fourth-order valence-corrected chi connectivity index (χ4v) is 10.1. The van der Waals surface area contributed by atoms with Crippen molar-refractivity contribution >= 4 is 87.0 Å². The molecule has 0 amide bonds. The number of furan rings is 2. The van der Waals surface area contributed by atoms with E-state index in [2.05, 4.69) is 206 Å². The summed E-state index contributed by atoms with van der Waals surface area (Å²) in [7, 11) is 0. The molecule has 2 nitrogen and oxygen atoms in total. The first-order chi connectivity index (χ1) is 29.8. The van der Waals surface area contributed by atoms with Crippen LogP contribution in [0.15, 0.2) is 215 Å². The van der Waals surface area contributed by atoms with Crippen LogP contribution in [-0.4, -0.2) is 0 Å². The van der Waals surface area contributed by atoms with Crippen molar-refractivity contribution < 1.29 is 8.83 Å². The van der Waals surface area contributed by atoms with Gasteiger partial charge in [-0.3, -0.25) is 0 Å². The minimum absolute atomic E-state index is 0.887. The molecule has 13 rings (SSSR count). The van der Waals surface area contributed by atoms with Crippen molar-refractivity contribution in [2.75, 3.05) is 0 Å². The van der Waals surface area contributed by atoms with E-state index in [1.54, 1.807) is 0 Å². The van der Waals surface area contributed by atoms with Crippen LogP contribution in [0.4, 0.5) is 0 Å². The quantitative estimate of drug-likeness (QED) is 0.167. The maximum absolute atomic E-state index is 6.63. The average molecular weight is 763 g/mol. The van der Waals surface area contributed by atoms with E-state index in [0.717, 1.165) is 55.0 Å². The van der Waals surface area contributed by atoms with Gasteiger partial charge < -0.3 is 8.83 Å². The first kappa shape index (κ1) is 33.1. The molecule has 13 aromatic rings. The predicted octanol–water partition coefficient (Wildman–Crippen LogP) is 16.8. The molecule has 0 spiro atoms. The highest BCUT2D eigenvalue weighted by Gasteiger charge is 2.22. The van der Waals surface area contributed by atoms with Crippen LogP contribution in [0.3, 0.4) is 0 Å². The van der Waals surface area contributed by atoms with Gasteiger partial charge in [0, 0.05) is 21.5 Å². The molecule has 278 valence electrons. The van der Waals surface area contributed by atoms with Crippen LogP contribution in [-0.2, 0) is 0 Å². The normalized spacial score (nSPS) is 12.0.